The number of hydrogen-bond donors (Lipinski definition) is 2. The van der Waals surface area contributed by atoms with Gasteiger partial charge in [0.25, 0.3) is 0 Å². The summed E-state index contributed by atoms with van der Waals surface area (Å²) in [5.41, 5.74) is 5.36. The molecule has 10 heteroatoms. The van der Waals surface area contributed by atoms with Crippen molar-refractivity contribution < 1.29 is 18.7 Å². The van der Waals surface area contributed by atoms with E-state index >= 15 is 0 Å². The number of para-hydroxylation sites is 1. The quantitative estimate of drug-likeness (QED) is 0.216. The van der Waals surface area contributed by atoms with Crippen LogP contribution in [0, 0.1) is 19.7 Å². The van der Waals surface area contributed by atoms with Crippen LogP contribution in [0.5, 0.6) is 0 Å². The third-order valence-electron chi connectivity index (χ3n) is 7.24. The Balaban J connectivity index is 1.50. The van der Waals surface area contributed by atoms with E-state index in [2.05, 4.69) is 21.7 Å². The molecule has 0 unspecified atom stereocenters. The summed E-state index contributed by atoms with van der Waals surface area (Å²) in [5.74, 6) is -0.998. The molecule has 1 amide bonds. The lowest BCUT2D eigenvalue weighted by Crippen LogP contribution is -2.32. The monoisotopic (exact) mass is 571 g/mol. The average Bonchev–Trinajstić information content (AvgIpc) is 3.47. The third-order valence-corrected chi connectivity index (χ3v) is 7.60. The molecule has 0 aliphatic carbocycles. The van der Waals surface area contributed by atoms with E-state index in [0.717, 1.165) is 22.6 Å². The predicted octanol–water partition coefficient (Wildman–Crippen LogP) is 5.42. The van der Waals surface area contributed by atoms with Crippen molar-refractivity contribution >= 4 is 34.9 Å². The molecule has 8 nitrogen and oxygen atoms in total. The highest BCUT2D eigenvalue weighted by Gasteiger charge is 2.41. The second kappa shape index (κ2) is 11.9. The van der Waals surface area contributed by atoms with Gasteiger partial charge in [0.05, 0.1) is 36.1 Å². The first kappa shape index (κ1) is 28.0. The molecule has 5 rings (SSSR count). The second-order valence-corrected chi connectivity index (χ2v) is 10.2. The fourth-order valence-electron chi connectivity index (χ4n) is 5.37. The molecule has 4 aromatic rings. The molecule has 2 N–H and O–H groups in total. The SMILES string of the molecule is COC(=O)c1ccccc1-n1c(C)cc([C@H]2[C@H](c3ccccn3)NC(=S)N2CCC(=O)Nc2ccc(F)cc2)c1C. The van der Waals surface area contributed by atoms with Gasteiger partial charge in [-0.3, -0.25) is 9.78 Å². The first-order chi connectivity index (χ1) is 19.8. The van der Waals surface area contributed by atoms with E-state index in [1.54, 1.807) is 18.3 Å². The number of rotatable bonds is 8. The van der Waals surface area contributed by atoms with Crippen LogP contribution in [0.1, 0.15) is 51.5 Å². The van der Waals surface area contributed by atoms with Gasteiger partial charge in [-0.1, -0.05) is 18.2 Å². The van der Waals surface area contributed by atoms with Crippen LogP contribution in [0.2, 0.25) is 0 Å². The van der Waals surface area contributed by atoms with Crippen molar-refractivity contribution in [2.24, 2.45) is 0 Å². The van der Waals surface area contributed by atoms with Gasteiger partial charge >= 0.3 is 5.97 Å². The zero-order valence-electron chi connectivity index (χ0n) is 22.9. The zero-order valence-corrected chi connectivity index (χ0v) is 23.7. The summed E-state index contributed by atoms with van der Waals surface area (Å²) in [5, 5.41) is 6.75. The van der Waals surface area contributed by atoms with E-state index in [9.17, 15) is 14.0 Å². The first-order valence-electron chi connectivity index (χ1n) is 13.2. The fourth-order valence-corrected chi connectivity index (χ4v) is 5.70. The maximum absolute atomic E-state index is 13.3. The molecule has 210 valence electrons. The van der Waals surface area contributed by atoms with Crippen molar-refractivity contribution in [3.8, 4) is 5.69 Å². The number of methoxy groups -OCH3 is 1. The molecule has 0 saturated carbocycles. The van der Waals surface area contributed by atoms with Gasteiger partial charge in [-0.15, -0.1) is 0 Å². The van der Waals surface area contributed by atoms with Crippen LogP contribution in [-0.2, 0) is 9.53 Å². The number of pyridine rings is 1. The molecule has 1 saturated heterocycles. The number of ether oxygens (including phenoxy) is 1. The number of anilines is 1. The average molecular weight is 572 g/mol. The van der Waals surface area contributed by atoms with E-state index in [4.69, 9.17) is 17.0 Å². The molecule has 1 aliphatic heterocycles. The Morgan fingerprint density at radius 1 is 1.07 bits per heavy atom. The first-order valence-corrected chi connectivity index (χ1v) is 13.6. The predicted molar refractivity (Wildman–Crippen MR) is 158 cm³/mol. The molecule has 3 heterocycles. The highest BCUT2D eigenvalue weighted by Crippen LogP contribution is 2.41. The number of hydrogen-bond acceptors (Lipinski definition) is 5. The summed E-state index contributed by atoms with van der Waals surface area (Å²) < 4.78 is 20.4. The standard InChI is InChI=1S/C31H30FN5O3S/c1-19-18-24(20(2)37(19)26-10-5-4-8-23(26)30(39)40-3)29-28(25-9-6-7-16-33-25)35-31(41)36(29)17-15-27(38)34-22-13-11-21(32)12-14-22/h4-14,16,18,28-29H,15,17H2,1-3H3,(H,34,38)(H,35,41)/t28-,29-/m0/s1. The van der Waals surface area contributed by atoms with E-state index in [1.165, 1.54) is 31.4 Å². The summed E-state index contributed by atoms with van der Waals surface area (Å²) >= 11 is 5.78. The van der Waals surface area contributed by atoms with Crippen LogP contribution in [0.4, 0.5) is 10.1 Å². The number of halogens is 1. The number of thiocarbonyl (C=S) groups is 1. The van der Waals surface area contributed by atoms with Crippen molar-refractivity contribution in [1.82, 2.24) is 19.8 Å². The van der Waals surface area contributed by atoms with Crippen LogP contribution in [0.25, 0.3) is 5.69 Å². The molecule has 2 aromatic carbocycles. The summed E-state index contributed by atoms with van der Waals surface area (Å²) in [6.45, 7) is 4.34. The molecule has 41 heavy (non-hydrogen) atoms. The number of esters is 1. The number of aryl methyl sites for hydroxylation is 1. The Labute approximate surface area is 243 Å². The van der Waals surface area contributed by atoms with Crippen molar-refractivity contribution in [2.45, 2.75) is 32.4 Å². The number of amides is 1. The van der Waals surface area contributed by atoms with Gasteiger partial charge in [-0.05, 0) is 86.2 Å². The Hall–Kier alpha value is -4.57. The maximum Gasteiger partial charge on any atom is 0.339 e. The zero-order chi connectivity index (χ0) is 29.1. The lowest BCUT2D eigenvalue weighted by atomic mass is 9.96. The molecule has 0 bridgehead atoms. The minimum Gasteiger partial charge on any atom is -0.465 e. The van der Waals surface area contributed by atoms with Crippen LogP contribution in [-0.4, -0.2) is 45.1 Å². The largest absolute Gasteiger partial charge is 0.465 e. The molecular formula is C31H30FN5O3S. The molecule has 2 aromatic heterocycles. The number of carbonyl (C=O) groups excluding carboxylic acids is 2. The van der Waals surface area contributed by atoms with E-state index < -0.39 is 5.97 Å². The Kier molecular flexibility index (Phi) is 8.11. The van der Waals surface area contributed by atoms with Crippen LogP contribution in [0.15, 0.2) is 79.0 Å². The number of nitrogens with one attached hydrogen (secondary N) is 2. The third kappa shape index (κ3) is 5.69. The van der Waals surface area contributed by atoms with Crippen molar-refractivity contribution in [1.29, 1.82) is 0 Å². The number of carbonyl (C=O) groups is 2. The normalized spacial score (nSPS) is 16.4. The fraction of sp³-hybridized carbons (Fsp3) is 0.226. The summed E-state index contributed by atoms with van der Waals surface area (Å²) in [6.07, 6.45) is 1.90. The van der Waals surface area contributed by atoms with Crippen LogP contribution in [0.3, 0.4) is 0 Å². The topological polar surface area (TPSA) is 88.5 Å². The van der Waals surface area contributed by atoms with Gasteiger partial charge in [0.15, 0.2) is 5.11 Å². The number of nitrogens with zero attached hydrogens (tertiary/aromatic N) is 3. The maximum atomic E-state index is 13.3. The molecular weight excluding hydrogens is 541 g/mol. The summed E-state index contributed by atoms with van der Waals surface area (Å²) in [4.78, 5) is 32.0. The van der Waals surface area contributed by atoms with Crippen LogP contribution >= 0.6 is 12.2 Å². The smallest absolute Gasteiger partial charge is 0.339 e. The van der Waals surface area contributed by atoms with Gasteiger partial charge in [0.1, 0.15) is 5.82 Å². The van der Waals surface area contributed by atoms with E-state index in [1.807, 2.05) is 53.6 Å². The van der Waals surface area contributed by atoms with Gasteiger partial charge in [-0.25, -0.2) is 9.18 Å². The van der Waals surface area contributed by atoms with Crippen LogP contribution < -0.4 is 10.6 Å². The number of aromatic nitrogens is 2. The van der Waals surface area contributed by atoms with Crippen molar-refractivity contribution in [3.05, 3.63) is 113 Å². The Morgan fingerprint density at radius 2 is 1.80 bits per heavy atom. The summed E-state index contributed by atoms with van der Waals surface area (Å²) in [7, 11) is 1.37. The van der Waals surface area contributed by atoms with Crippen molar-refractivity contribution in [3.63, 3.8) is 0 Å². The molecule has 2 atom stereocenters. The van der Waals surface area contributed by atoms with Gasteiger partial charge in [0.2, 0.25) is 5.91 Å². The highest BCUT2D eigenvalue weighted by molar-refractivity contribution is 7.80. The number of benzene rings is 2. The highest BCUT2D eigenvalue weighted by atomic mass is 32.1. The molecule has 1 aliphatic rings. The second-order valence-electron chi connectivity index (χ2n) is 9.80. The molecule has 0 spiro atoms. The van der Waals surface area contributed by atoms with E-state index in [-0.39, 0.29) is 30.2 Å². The molecule has 0 radical (unpaired) electrons. The summed E-state index contributed by atoms with van der Waals surface area (Å²) in [6, 6.07) is 20.3. The Bertz CT molecular complexity index is 1590. The lowest BCUT2D eigenvalue weighted by molar-refractivity contribution is -0.116. The minimum absolute atomic E-state index is 0.161. The van der Waals surface area contributed by atoms with E-state index in [0.29, 0.717) is 28.6 Å². The van der Waals surface area contributed by atoms with Gasteiger partial charge in [0, 0.05) is 36.2 Å². The Morgan fingerprint density at radius 3 is 2.51 bits per heavy atom. The lowest BCUT2D eigenvalue weighted by Gasteiger charge is -2.28. The molecule has 1 fully saturated rings. The van der Waals surface area contributed by atoms with Gasteiger partial charge < -0.3 is 24.8 Å². The minimum atomic E-state index is -0.418. The van der Waals surface area contributed by atoms with Crippen molar-refractivity contribution in [2.75, 3.05) is 19.0 Å². The van der Waals surface area contributed by atoms with Gasteiger partial charge in [-0.2, -0.15) is 0 Å².